The molecule has 48 heavy (non-hydrogen) atoms. The molecule has 0 spiro atoms. The van der Waals surface area contributed by atoms with Crippen molar-refractivity contribution in [2.75, 3.05) is 13.2 Å². The van der Waals surface area contributed by atoms with Crippen LogP contribution >= 0.6 is 0 Å². The maximum atomic E-state index is 12.2. The zero-order valence-electron chi connectivity index (χ0n) is 31.0. The number of carbonyl (C=O) groups is 2. The number of hydrogen-bond acceptors (Lipinski definition) is 7. The van der Waals surface area contributed by atoms with E-state index in [4.69, 9.17) is 18.3 Å². The summed E-state index contributed by atoms with van der Waals surface area (Å²) in [6.07, 6.45) is 23.9. The number of rotatable bonds is 30. The molecule has 0 amide bonds. The van der Waals surface area contributed by atoms with E-state index in [0.29, 0.717) is 12.8 Å². The predicted molar refractivity (Wildman–Crippen MR) is 193 cm³/mol. The highest BCUT2D eigenvalue weighted by molar-refractivity contribution is 5.70. The van der Waals surface area contributed by atoms with Crippen LogP contribution in [0.1, 0.15) is 176 Å². The average molecular weight is 673 g/mol. The maximum absolute atomic E-state index is 12.2. The Kier molecular flexibility index (Phi) is 22.8. The minimum Gasteiger partial charge on any atom is -0.466 e. The third-order valence-electron chi connectivity index (χ3n) is 9.17. The van der Waals surface area contributed by atoms with Crippen molar-refractivity contribution in [3.05, 3.63) is 46.3 Å². The monoisotopic (exact) mass is 672 g/mol. The second-order valence-electron chi connectivity index (χ2n) is 13.8. The van der Waals surface area contributed by atoms with E-state index in [2.05, 4.69) is 39.8 Å². The fourth-order valence-electron chi connectivity index (χ4n) is 6.22. The molecule has 274 valence electrons. The van der Waals surface area contributed by atoms with Crippen molar-refractivity contribution in [3.8, 4) is 0 Å². The third-order valence-corrected chi connectivity index (χ3v) is 9.17. The maximum Gasteiger partial charge on any atom is 0.306 e. The van der Waals surface area contributed by atoms with E-state index in [-0.39, 0.29) is 25.2 Å². The summed E-state index contributed by atoms with van der Waals surface area (Å²) in [7, 11) is 0. The smallest absolute Gasteiger partial charge is 0.306 e. The SMILES string of the molecule is CCCCCc1cc(C)c(CCCCCCCCC(=O)OC[C@H](CO)OC(=O)CCCCCCCCCCc2oc(CCC)cc2C)o1. The Labute approximate surface area is 291 Å². The van der Waals surface area contributed by atoms with Gasteiger partial charge in [-0.2, -0.15) is 0 Å². The van der Waals surface area contributed by atoms with Crippen molar-refractivity contribution in [2.45, 2.75) is 188 Å². The fraction of sp³-hybridized carbons (Fsp3) is 0.756. The lowest BCUT2D eigenvalue weighted by Crippen LogP contribution is -2.28. The summed E-state index contributed by atoms with van der Waals surface area (Å²) in [5, 5.41) is 9.59. The molecule has 0 saturated carbocycles. The summed E-state index contributed by atoms with van der Waals surface area (Å²) in [6, 6.07) is 4.39. The topological polar surface area (TPSA) is 99.1 Å². The van der Waals surface area contributed by atoms with Gasteiger partial charge in [0, 0.05) is 38.5 Å². The molecular weight excluding hydrogens is 604 g/mol. The van der Waals surface area contributed by atoms with Crippen molar-refractivity contribution in [2.24, 2.45) is 0 Å². The standard InChI is InChI=1S/C41H68O7/c1-5-7-18-24-36-30-34(4)39(47-36)26-20-15-12-13-16-21-27-40(43)45-32-37(31-42)48-41(44)28-22-17-11-9-8-10-14-19-25-38-33(3)29-35(46-38)23-6-2/h29-30,37,42H,5-28,31-32H2,1-4H3/t37-/m0/s1. The number of ether oxygens (including phenoxy) is 2. The van der Waals surface area contributed by atoms with Crippen molar-refractivity contribution in [1.82, 2.24) is 0 Å². The first-order chi connectivity index (χ1) is 23.4. The first-order valence-corrected chi connectivity index (χ1v) is 19.5. The Morgan fingerprint density at radius 2 is 1.06 bits per heavy atom. The summed E-state index contributed by atoms with van der Waals surface area (Å²) in [5.74, 6) is 3.90. The van der Waals surface area contributed by atoms with E-state index in [0.717, 1.165) is 113 Å². The Morgan fingerprint density at radius 1 is 0.604 bits per heavy atom. The molecule has 0 fully saturated rings. The Hall–Kier alpha value is -2.54. The molecule has 0 aliphatic heterocycles. The van der Waals surface area contributed by atoms with Crippen LogP contribution in [-0.2, 0) is 44.7 Å². The van der Waals surface area contributed by atoms with E-state index < -0.39 is 6.10 Å². The highest BCUT2D eigenvalue weighted by Crippen LogP contribution is 2.21. The third kappa shape index (κ3) is 18.9. The van der Waals surface area contributed by atoms with E-state index in [1.807, 2.05) is 0 Å². The van der Waals surface area contributed by atoms with Gasteiger partial charge in [0.05, 0.1) is 6.61 Å². The van der Waals surface area contributed by atoms with Gasteiger partial charge in [0.15, 0.2) is 6.10 Å². The van der Waals surface area contributed by atoms with Gasteiger partial charge in [-0.15, -0.1) is 0 Å². The molecule has 0 saturated heterocycles. The molecule has 0 radical (unpaired) electrons. The van der Waals surface area contributed by atoms with Crippen LogP contribution in [0.2, 0.25) is 0 Å². The van der Waals surface area contributed by atoms with E-state index in [9.17, 15) is 14.7 Å². The quantitative estimate of drug-likeness (QED) is 0.0651. The van der Waals surface area contributed by atoms with Crippen LogP contribution < -0.4 is 0 Å². The van der Waals surface area contributed by atoms with Crippen molar-refractivity contribution >= 4 is 11.9 Å². The van der Waals surface area contributed by atoms with Crippen molar-refractivity contribution in [3.63, 3.8) is 0 Å². The van der Waals surface area contributed by atoms with Gasteiger partial charge in [-0.1, -0.05) is 90.9 Å². The lowest BCUT2D eigenvalue weighted by atomic mass is 10.1. The predicted octanol–water partition coefficient (Wildman–Crippen LogP) is 10.6. The van der Waals surface area contributed by atoms with Crippen molar-refractivity contribution in [1.29, 1.82) is 0 Å². The molecule has 0 aromatic carbocycles. The van der Waals surface area contributed by atoms with Gasteiger partial charge >= 0.3 is 11.9 Å². The first kappa shape index (κ1) is 41.6. The molecule has 0 aliphatic carbocycles. The van der Waals surface area contributed by atoms with E-state index in [1.165, 1.54) is 62.5 Å². The van der Waals surface area contributed by atoms with Crippen LogP contribution in [0.25, 0.3) is 0 Å². The Morgan fingerprint density at radius 3 is 1.56 bits per heavy atom. The lowest BCUT2D eigenvalue weighted by molar-refractivity contribution is -0.161. The number of aryl methyl sites for hydroxylation is 6. The molecule has 0 aliphatic rings. The van der Waals surface area contributed by atoms with Gasteiger partial charge in [0.1, 0.15) is 29.6 Å². The number of esters is 2. The minimum atomic E-state index is -0.796. The van der Waals surface area contributed by atoms with Crippen LogP contribution in [-0.4, -0.2) is 36.4 Å². The minimum absolute atomic E-state index is 0.0903. The molecule has 0 bridgehead atoms. The van der Waals surface area contributed by atoms with Gasteiger partial charge in [0.25, 0.3) is 0 Å². The number of hydrogen-bond donors (Lipinski definition) is 1. The normalized spacial score (nSPS) is 12.0. The average Bonchev–Trinajstić information content (AvgIpc) is 3.61. The highest BCUT2D eigenvalue weighted by Gasteiger charge is 2.16. The summed E-state index contributed by atoms with van der Waals surface area (Å²) in [5.41, 5.74) is 2.56. The lowest BCUT2D eigenvalue weighted by Gasteiger charge is -2.15. The zero-order chi connectivity index (χ0) is 34.8. The van der Waals surface area contributed by atoms with Crippen LogP contribution in [0.5, 0.6) is 0 Å². The molecule has 0 unspecified atom stereocenters. The van der Waals surface area contributed by atoms with Gasteiger partial charge < -0.3 is 23.4 Å². The molecule has 2 aromatic rings. The molecule has 7 heteroatoms. The van der Waals surface area contributed by atoms with Gasteiger partial charge in [0.2, 0.25) is 0 Å². The van der Waals surface area contributed by atoms with Crippen LogP contribution in [0, 0.1) is 13.8 Å². The molecule has 2 heterocycles. The molecule has 2 aromatic heterocycles. The number of furan rings is 2. The molecule has 2 rings (SSSR count). The second kappa shape index (κ2) is 26.3. The molecule has 1 atom stereocenters. The number of carbonyl (C=O) groups excluding carboxylic acids is 2. The highest BCUT2D eigenvalue weighted by atomic mass is 16.6. The van der Waals surface area contributed by atoms with Crippen LogP contribution in [0.3, 0.4) is 0 Å². The Bertz CT molecular complexity index is 1110. The summed E-state index contributed by atoms with van der Waals surface area (Å²) in [4.78, 5) is 24.4. The van der Waals surface area contributed by atoms with E-state index >= 15 is 0 Å². The van der Waals surface area contributed by atoms with Crippen LogP contribution in [0.15, 0.2) is 21.0 Å². The van der Waals surface area contributed by atoms with E-state index in [1.54, 1.807) is 0 Å². The second-order valence-corrected chi connectivity index (χ2v) is 13.8. The van der Waals surface area contributed by atoms with Gasteiger partial charge in [-0.25, -0.2) is 0 Å². The number of aliphatic hydroxyl groups is 1. The zero-order valence-corrected chi connectivity index (χ0v) is 31.0. The van der Waals surface area contributed by atoms with Gasteiger partial charge in [-0.3, -0.25) is 9.59 Å². The molecule has 1 N–H and O–H groups in total. The summed E-state index contributed by atoms with van der Waals surface area (Å²) >= 11 is 0. The van der Waals surface area contributed by atoms with Crippen LogP contribution in [0.4, 0.5) is 0 Å². The summed E-state index contributed by atoms with van der Waals surface area (Å²) < 4.78 is 22.7. The number of aliphatic hydroxyl groups excluding tert-OH is 1. The molecular formula is C41H68O7. The Balaban J connectivity index is 1.39. The molecule has 7 nitrogen and oxygen atoms in total. The number of unbranched alkanes of at least 4 members (excludes halogenated alkanes) is 14. The van der Waals surface area contributed by atoms with Crippen molar-refractivity contribution < 1.29 is 33.0 Å². The largest absolute Gasteiger partial charge is 0.466 e. The summed E-state index contributed by atoms with van der Waals surface area (Å²) in [6.45, 7) is 8.25. The fourth-order valence-corrected chi connectivity index (χ4v) is 6.22. The first-order valence-electron chi connectivity index (χ1n) is 19.5. The van der Waals surface area contributed by atoms with Gasteiger partial charge in [-0.05, 0) is 75.6 Å².